The molecule has 1 rings (SSSR count). The maximum absolute atomic E-state index is 12.2. The van der Waals surface area contributed by atoms with Crippen LogP contribution in [0.25, 0.3) is 0 Å². The number of carboxylic acids is 1. The van der Waals surface area contributed by atoms with Gasteiger partial charge >= 0.3 is 5.97 Å². The summed E-state index contributed by atoms with van der Waals surface area (Å²) in [5.41, 5.74) is 0.686. The number of carbonyl (C=O) groups excluding carboxylic acids is 1. The molecule has 0 aliphatic rings. The lowest BCUT2D eigenvalue weighted by atomic mass is 10.0. The van der Waals surface area contributed by atoms with Gasteiger partial charge in [0.25, 0.3) is 5.91 Å². The minimum atomic E-state index is -1.04. The van der Waals surface area contributed by atoms with E-state index in [0.29, 0.717) is 5.69 Å². The molecule has 0 radical (unpaired) electrons. The van der Waals surface area contributed by atoms with Gasteiger partial charge in [0, 0.05) is 12.6 Å². The zero-order valence-electron chi connectivity index (χ0n) is 13.2. The summed E-state index contributed by atoms with van der Waals surface area (Å²) in [5, 5.41) is 11.9. The van der Waals surface area contributed by atoms with Crippen LogP contribution in [0.1, 0.15) is 40.4 Å². The Labute approximate surface area is 125 Å². The number of carboxylic acid groups (broad SMARTS) is 1. The maximum Gasteiger partial charge on any atom is 0.337 e. The van der Waals surface area contributed by atoms with Gasteiger partial charge in [-0.05, 0) is 39.1 Å². The van der Waals surface area contributed by atoms with Gasteiger partial charge in [0.1, 0.15) is 5.69 Å². The van der Waals surface area contributed by atoms with E-state index in [9.17, 15) is 9.59 Å². The van der Waals surface area contributed by atoms with Crippen LogP contribution >= 0.6 is 0 Å². The molecule has 116 valence electrons. The lowest BCUT2D eigenvalue weighted by Crippen LogP contribution is -2.45. The number of aryl methyl sites for hydroxylation is 1. The topological polar surface area (TPSA) is 82.5 Å². The summed E-state index contributed by atoms with van der Waals surface area (Å²) >= 11 is 0. The van der Waals surface area contributed by atoms with E-state index in [1.165, 1.54) is 12.1 Å². The first-order chi connectivity index (χ1) is 9.72. The molecular weight excluding hydrogens is 270 g/mol. The van der Waals surface area contributed by atoms with Crippen LogP contribution in [0.5, 0.6) is 0 Å². The van der Waals surface area contributed by atoms with Crippen LogP contribution in [0.15, 0.2) is 12.1 Å². The van der Waals surface area contributed by atoms with Crippen molar-refractivity contribution in [2.24, 2.45) is 5.92 Å². The second-order valence-corrected chi connectivity index (χ2v) is 5.72. The molecule has 1 atom stereocenters. The fraction of sp³-hybridized carbons (Fsp3) is 0.533. The highest BCUT2D eigenvalue weighted by Crippen LogP contribution is 2.09. The summed E-state index contributed by atoms with van der Waals surface area (Å²) in [5.74, 6) is -1.04. The van der Waals surface area contributed by atoms with E-state index in [-0.39, 0.29) is 29.1 Å². The molecule has 6 heteroatoms. The minimum Gasteiger partial charge on any atom is -0.478 e. The van der Waals surface area contributed by atoms with E-state index in [1.54, 1.807) is 6.92 Å². The number of carbonyl (C=O) groups is 2. The first-order valence-corrected chi connectivity index (χ1v) is 6.89. The highest BCUT2D eigenvalue weighted by Gasteiger charge is 2.19. The monoisotopic (exact) mass is 293 g/mol. The molecule has 0 saturated carbocycles. The Morgan fingerprint density at radius 1 is 1.33 bits per heavy atom. The van der Waals surface area contributed by atoms with E-state index in [4.69, 9.17) is 5.11 Å². The molecule has 21 heavy (non-hydrogen) atoms. The Morgan fingerprint density at radius 2 is 1.95 bits per heavy atom. The zero-order chi connectivity index (χ0) is 16.2. The predicted molar refractivity (Wildman–Crippen MR) is 80.6 cm³/mol. The number of aromatic carboxylic acids is 1. The van der Waals surface area contributed by atoms with Gasteiger partial charge < -0.3 is 15.3 Å². The highest BCUT2D eigenvalue weighted by atomic mass is 16.4. The van der Waals surface area contributed by atoms with Crippen LogP contribution in [0, 0.1) is 12.8 Å². The Balaban J connectivity index is 2.88. The number of hydrogen-bond donors (Lipinski definition) is 2. The summed E-state index contributed by atoms with van der Waals surface area (Å²) in [6.07, 6.45) is 0. The Bertz CT molecular complexity index is 527. The molecule has 0 aliphatic carbocycles. The first kappa shape index (κ1) is 17.1. The quantitative estimate of drug-likeness (QED) is 0.828. The van der Waals surface area contributed by atoms with Crippen molar-refractivity contribution in [3.63, 3.8) is 0 Å². The van der Waals surface area contributed by atoms with E-state index in [0.717, 1.165) is 6.54 Å². The molecule has 0 spiro atoms. The van der Waals surface area contributed by atoms with Crippen LogP contribution in [0.4, 0.5) is 0 Å². The second-order valence-electron chi connectivity index (χ2n) is 5.72. The lowest BCUT2D eigenvalue weighted by Gasteiger charge is -2.25. The van der Waals surface area contributed by atoms with Gasteiger partial charge in [-0.3, -0.25) is 4.79 Å². The molecule has 1 aromatic rings. The molecule has 0 aliphatic heterocycles. The van der Waals surface area contributed by atoms with Crippen LogP contribution < -0.4 is 5.32 Å². The molecule has 0 bridgehead atoms. The molecule has 1 heterocycles. The molecule has 6 nitrogen and oxygen atoms in total. The van der Waals surface area contributed by atoms with Gasteiger partial charge in [0.15, 0.2) is 0 Å². The summed E-state index contributed by atoms with van der Waals surface area (Å²) in [6.45, 7) is 6.40. The molecule has 1 unspecified atom stereocenters. The number of rotatable bonds is 6. The Hall–Kier alpha value is -1.95. The number of nitrogens with one attached hydrogen (secondary N) is 1. The van der Waals surface area contributed by atoms with Crippen molar-refractivity contribution in [2.75, 3.05) is 20.6 Å². The standard InChI is InChI=1S/C15H23N3O3/c1-9(2)13(8-18(4)5)17-14(19)12-7-6-11(15(20)21)10(3)16-12/h6-7,9,13H,8H2,1-5H3,(H,17,19)(H,20,21). The van der Waals surface area contributed by atoms with Crippen molar-refractivity contribution >= 4 is 11.9 Å². The van der Waals surface area contributed by atoms with Crippen LogP contribution in [-0.4, -0.2) is 53.5 Å². The molecular formula is C15H23N3O3. The van der Waals surface area contributed by atoms with Crippen molar-refractivity contribution in [3.8, 4) is 0 Å². The average molecular weight is 293 g/mol. The number of pyridine rings is 1. The van der Waals surface area contributed by atoms with Crippen LogP contribution in [0.3, 0.4) is 0 Å². The third-order valence-corrected chi connectivity index (χ3v) is 3.23. The van der Waals surface area contributed by atoms with Gasteiger partial charge in [-0.25, -0.2) is 9.78 Å². The summed E-state index contributed by atoms with van der Waals surface area (Å²) in [6, 6.07) is 2.86. The average Bonchev–Trinajstić information content (AvgIpc) is 2.36. The van der Waals surface area contributed by atoms with Gasteiger partial charge in [-0.1, -0.05) is 13.8 Å². The zero-order valence-corrected chi connectivity index (χ0v) is 13.2. The molecule has 1 aromatic heterocycles. The van der Waals surface area contributed by atoms with E-state index in [2.05, 4.69) is 10.3 Å². The number of aromatic nitrogens is 1. The van der Waals surface area contributed by atoms with Crippen molar-refractivity contribution in [1.29, 1.82) is 0 Å². The van der Waals surface area contributed by atoms with Crippen molar-refractivity contribution in [2.45, 2.75) is 26.8 Å². The summed E-state index contributed by atoms with van der Waals surface area (Å²) < 4.78 is 0. The third-order valence-electron chi connectivity index (χ3n) is 3.23. The SMILES string of the molecule is Cc1nc(C(=O)NC(CN(C)C)C(C)C)ccc1C(=O)O. The van der Waals surface area contributed by atoms with Gasteiger partial charge in [0.05, 0.1) is 11.3 Å². The van der Waals surface area contributed by atoms with Crippen molar-refractivity contribution < 1.29 is 14.7 Å². The summed E-state index contributed by atoms with van der Waals surface area (Å²) in [4.78, 5) is 29.3. The summed E-state index contributed by atoms with van der Waals surface area (Å²) in [7, 11) is 3.90. The molecule has 1 amide bonds. The fourth-order valence-corrected chi connectivity index (χ4v) is 1.97. The van der Waals surface area contributed by atoms with Crippen molar-refractivity contribution in [3.05, 3.63) is 29.1 Å². The molecule has 2 N–H and O–H groups in total. The highest BCUT2D eigenvalue weighted by molar-refractivity contribution is 5.94. The normalized spacial score (nSPS) is 12.5. The van der Waals surface area contributed by atoms with E-state index >= 15 is 0 Å². The largest absolute Gasteiger partial charge is 0.478 e. The van der Waals surface area contributed by atoms with Gasteiger partial charge in [-0.2, -0.15) is 0 Å². The minimum absolute atomic E-state index is 0.00811. The maximum atomic E-state index is 12.2. The lowest BCUT2D eigenvalue weighted by molar-refractivity contribution is 0.0694. The number of nitrogens with zero attached hydrogens (tertiary/aromatic N) is 2. The van der Waals surface area contributed by atoms with Crippen LogP contribution in [-0.2, 0) is 0 Å². The number of likely N-dealkylation sites (N-methyl/N-ethyl adjacent to an activating group) is 1. The fourth-order valence-electron chi connectivity index (χ4n) is 1.97. The van der Waals surface area contributed by atoms with Crippen LogP contribution in [0.2, 0.25) is 0 Å². The van der Waals surface area contributed by atoms with E-state index < -0.39 is 5.97 Å². The molecule has 0 aromatic carbocycles. The van der Waals surface area contributed by atoms with Gasteiger partial charge in [0.2, 0.25) is 0 Å². The predicted octanol–water partition coefficient (Wildman–Crippen LogP) is 1.40. The number of hydrogen-bond acceptors (Lipinski definition) is 4. The molecule has 0 saturated heterocycles. The van der Waals surface area contributed by atoms with Gasteiger partial charge in [-0.15, -0.1) is 0 Å². The Kier molecular flexibility index (Phi) is 5.84. The molecule has 0 fully saturated rings. The second kappa shape index (κ2) is 7.17. The van der Waals surface area contributed by atoms with E-state index in [1.807, 2.05) is 32.8 Å². The smallest absolute Gasteiger partial charge is 0.337 e. The third kappa shape index (κ3) is 4.82. The Morgan fingerprint density at radius 3 is 2.38 bits per heavy atom. The first-order valence-electron chi connectivity index (χ1n) is 6.89. The number of amides is 1. The van der Waals surface area contributed by atoms with Crippen molar-refractivity contribution in [1.82, 2.24) is 15.2 Å².